The van der Waals surface area contributed by atoms with Crippen LogP contribution in [0.2, 0.25) is 0 Å². The number of hydrogen-bond acceptors (Lipinski definition) is 8. The van der Waals surface area contributed by atoms with Crippen molar-refractivity contribution in [2.75, 3.05) is 24.7 Å². The Labute approximate surface area is 222 Å². The van der Waals surface area contributed by atoms with Gasteiger partial charge in [0.1, 0.15) is 0 Å². The topological polar surface area (TPSA) is 113 Å². The van der Waals surface area contributed by atoms with Gasteiger partial charge in [0.15, 0.2) is 5.44 Å². The van der Waals surface area contributed by atoms with E-state index in [0.717, 1.165) is 23.0 Å². The van der Waals surface area contributed by atoms with Gasteiger partial charge in [-0.15, -0.1) is 0 Å². The number of ether oxygens (including phenoxy) is 1. The normalized spacial score (nSPS) is 17.2. The highest BCUT2D eigenvalue weighted by Gasteiger charge is 2.40. The van der Waals surface area contributed by atoms with E-state index in [1.54, 1.807) is 11.0 Å². The Kier molecular flexibility index (Phi) is 7.38. The molecule has 1 fully saturated rings. The summed E-state index contributed by atoms with van der Waals surface area (Å²) < 4.78 is 5.72. The lowest BCUT2D eigenvalue weighted by atomic mass is 10.1. The highest BCUT2D eigenvalue weighted by atomic mass is 32.2. The van der Waals surface area contributed by atoms with Crippen LogP contribution in [-0.2, 0) is 16.1 Å². The van der Waals surface area contributed by atoms with Crippen molar-refractivity contribution in [3.05, 3.63) is 100 Å². The number of thioether (sulfide) groups is 1. The van der Waals surface area contributed by atoms with E-state index in [4.69, 9.17) is 4.74 Å². The summed E-state index contributed by atoms with van der Waals surface area (Å²) in [5.41, 5.74) is 1.47. The van der Waals surface area contributed by atoms with Crippen LogP contribution in [0.5, 0.6) is 0 Å². The van der Waals surface area contributed by atoms with E-state index < -0.39 is 16.3 Å². The Morgan fingerprint density at radius 3 is 2.39 bits per heavy atom. The number of imide groups is 1. The number of rotatable bonds is 9. The van der Waals surface area contributed by atoms with Gasteiger partial charge in [0.05, 0.1) is 36.0 Å². The van der Waals surface area contributed by atoms with Gasteiger partial charge in [-0.25, -0.2) is 0 Å². The third-order valence-corrected chi connectivity index (χ3v) is 7.27. The molecule has 0 bridgehead atoms. The zero-order valence-corrected chi connectivity index (χ0v) is 21.1. The van der Waals surface area contributed by atoms with E-state index in [9.17, 15) is 24.5 Å². The minimum atomic E-state index is -0.924. The molecule has 38 heavy (non-hydrogen) atoms. The van der Waals surface area contributed by atoms with Crippen LogP contribution in [0, 0.1) is 10.1 Å². The SMILES string of the molecule is O=C1c2cc([N+](=O)[O-])ccc2N(c2ccccc2)CN1CCCOC1SC(=O)N(Cc2ccccc2)C1=O. The first-order valence-corrected chi connectivity index (χ1v) is 12.9. The van der Waals surface area contributed by atoms with E-state index in [1.165, 1.54) is 17.0 Å². The average molecular weight is 533 g/mol. The summed E-state index contributed by atoms with van der Waals surface area (Å²) in [5, 5.41) is 11.0. The Bertz CT molecular complexity index is 1370. The van der Waals surface area contributed by atoms with Crippen LogP contribution in [0.15, 0.2) is 78.9 Å². The Morgan fingerprint density at radius 1 is 0.974 bits per heavy atom. The van der Waals surface area contributed by atoms with Gasteiger partial charge < -0.3 is 14.5 Å². The molecule has 1 atom stereocenters. The maximum absolute atomic E-state index is 13.3. The smallest absolute Gasteiger partial charge is 0.291 e. The molecule has 0 aliphatic carbocycles. The fraction of sp³-hybridized carbons (Fsp3) is 0.222. The number of nitrogens with zero attached hydrogens (tertiary/aromatic N) is 4. The standard InChI is InChI=1S/C27H24N4O6S/c32-24-22-16-21(31(35)36)12-13-23(22)30(20-10-5-2-6-11-20)18-28(24)14-7-15-37-26-25(33)29(27(34)38-26)17-19-8-3-1-4-9-19/h1-6,8-13,16,26H,7,14-15,17-18H2. The van der Waals surface area contributed by atoms with Crippen molar-refractivity contribution >= 4 is 45.9 Å². The number of anilines is 2. The second-order valence-electron chi connectivity index (χ2n) is 8.78. The van der Waals surface area contributed by atoms with Crippen LogP contribution in [0.3, 0.4) is 0 Å². The predicted octanol–water partition coefficient (Wildman–Crippen LogP) is 4.77. The molecule has 0 saturated carbocycles. The number of nitro groups is 1. The molecule has 1 saturated heterocycles. The summed E-state index contributed by atoms with van der Waals surface area (Å²) in [6.45, 7) is 0.910. The van der Waals surface area contributed by atoms with Gasteiger partial charge in [0, 0.05) is 24.4 Å². The van der Waals surface area contributed by atoms with Crippen LogP contribution in [0.25, 0.3) is 0 Å². The molecule has 2 aliphatic rings. The number of hydrogen-bond donors (Lipinski definition) is 0. The number of nitro benzene ring substituents is 1. The summed E-state index contributed by atoms with van der Waals surface area (Å²) in [5.74, 6) is -0.708. The molecule has 1 unspecified atom stereocenters. The summed E-state index contributed by atoms with van der Waals surface area (Å²) in [4.78, 5) is 53.9. The zero-order chi connectivity index (χ0) is 26.6. The van der Waals surface area contributed by atoms with Gasteiger partial charge in [-0.3, -0.25) is 29.4 Å². The van der Waals surface area contributed by atoms with Gasteiger partial charge in [-0.1, -0.05) is 48.5 Å². The molecule has 10 nitrogen and oxygen atoms in total. The predicted molar refractivity (Wildman–Crippen MR) is 142 cm³/mol. The molecule has 2 aliphatic heterocycles. The summed E-state index contributed by atoms with van der Waals surface area (Å²) >= 11 is 0.843. The molecule has 3 amide bonds. The van der Waals surface area contributed by atoms with Crippen LogP contribution in [-0.4, -0.2) is 57.0 Å². The third-order valence-electron chi connectivity index (χ3n) is 6.30. The van der Waals surface area contributed by atoms with E-state index in [-0.39, 0.29) is 42.2 Å². The molecule has 0 spiro atoms. The number of carbonyl (C=O) groups excluding carboxylic acids is 3. The van der Waals surface area contributed by atoms with E-state index in [1.807, 2.05) is 65.6 Å². The average Bonchev–Trinajstić information content (AvgIpc) is 3.20. The quantitative estimate of drug-likeness (QED) is 0.220. The van der Waals surface area contributed by atoms with Gasteiger partial charge in [-0.2, -0.15) is 0 Å². The van der Waals surface area contributed by atoms with Crippen molar-refractivity contribution in [2.45, 2.75) is 18.4 Å². The maximum atomic E-state index is 13.3. The van der Waals surface area contributed by atoms with E-state index in [0.29, 0.717) is 18.7 Å². The summed E-state index contributed by atoms with van der Waals surface area (Å²) in [6.07, 6.45) is 0.413. The maximum Gasteiger partial charge on any atom is 0.291 e. The van der Waals surface area contributed by atoms with Gasteiger partial charge in [0.25, 0.3) is 22.7 Å². The molecule has 0 N–H and O–H groups in total. The molecule has 5 rings (SSSR count). The van der Waals surface area contributed by atoms with E-state index >= 15 is 0 Å². The molecule has 3 aromatic carbocycles. The van der Waals surface area contributed by atoms with Gasteiger partial charge in [-0.05, 0) is 41.9 Å². The van der Waals surface area contributed by atoms with Crippen molar-refractivity contribution in [2.24, 2.45) is 0 Å². The number of para-hydroxylation sites is 1. The van der Waals surface area contributed by atoms with Crippen molar-refractivity contribution < 1.29 is 24.0 Å². The second kappa shape index (κ2) is 11.0. The molecule has 194 valence electrons. The first kappa shape index (κ1) is 25.4. The second-order valence-corrected chi connectivity index (χ2v) is 9.80. The highest BCUT2D eigenvalue weighted by molar-refractivity contribution is 8.15. The lowest BCUT2D eigenvalue weighted by Crippen LogP contribution is -2.45. The summed E-state index contributed by atoms with van der Waals surface area (Å²) in [6, 6.07) is 23.0. The first-order valence-electron chi connectivity index (χ1n) is 12.0. The van der Waals surface area contributed by atoms with Crippen molar-refractivity contribution in [1.29, 1.82) is 0 Å². The number of fused-ring (bicyclic) bond motifs is 1. The molecular formula is C27H24N4O6S. The van der Waals surface area contributed by atoms with Gasteiger partial charge >= 0.3 is 0 Å². The van der Waals surface area contributed by atoms with Crippen LogP contribution >= 0.6 is 11.8 Å². The number of non-ortho nitro benzene ring substituents is 1. The third kappa shape index (κ3) is 5.24. The monoisotopic (exact) mass is 532 g/mol. The molecule has 0 radical (unpaired) electrons. The Hall–Kier alpha value is -4.22. The van der Waals surface area contributed by atoms with Crippen molar-refractivity contribution in [3.63, 3.8) is 0 Å². The van der Waals surface area contributed by atoms with E-state index in [2.05, 4.69) is 0 Å². The lowest BCUT2D eigenvalue weighted by Gasteiger charge is -2.38. The highest BCUT2D eigenvalue weighted by Crippen LogP contribution is 2.36. The summed E-state index contributed by atoms with van der Waals surface area (Å²) in [7, 11) is 0. The van der Waals surface area contributed by atoms with Crippen molar-refractivity contribution in [1.82, 2.24) is 9.80 Å². The van der Waals surface area contributed by atoms with Crippen LogP contribution < -0.4 is 4.90 Å². The zero-order valence-electron chi connectivity index (χ0n) is 20.3. The van der Waals surface area contributed by atoms with Crippen molar-refractivity contribution in [3.8, 4) is 0 Å². The lowest BCUT2D eigenvalue weighted by molar-refractivity contribution is -0.384. The number of amides is 3. The molecule has 2 heterocycles. The minimum absolute atomic E-state index is 0.156. The molecule has 3 aromatic rings. The van der Waals surface area contributed by atoms with Crippen LogP contribution in [0.1, 0.15) is 22.3 Å². The fourth-order valence-corrected chi connectivity index (χ4v) is 5.27. The Balaban J connectivity index is 1.23. The largest absolute Gasteiger partial charge is 0.357 e. The molecule has 0 aromatic heterocycles. The minimum Gasteiger partial charge on any atom is -0.357 e. The Morgan fingerprint density at radius 2 is 1.68 bits per heavy atom. The fourth-order valence-electron chi connectivity index (χ4n) is 4.41. The number of benzene rings is 3. The van der Waals surface area contributed by atoms with Crippen LogP contribution in [0.4, 0.5) is 21.9 Å². The molecular weight excluding hydrogens is 508 g/mol. The van der Waals surface area contributed by atoms with Gasteiger partial charge in [0.2, 0.25) is 0 Å². The number of carbonyl (C=O) groups is 3. The molecule has 11 heteroatoms. The first-order chi connectivity index (χ1) is 18.4.